The number of amides is 1. The van der Waals surface area contributed by atoms with Gasteiger partial charge in [0.1, 0.15) is 0 Å². The van der Waals surface area contributed by atoms with E-state index < -0.39 is 0 Å². The van der Waals surface area contributed by atoms with Crippen molar-refractivity contribution in [1.82, 2.24) is 5.32 Å². The van der Waals surface area contributed by atoms with Crippen LogP contribution in [0.15, 0.2) is 42.5 Å². The third kappa shape index (κ3) is 3.08. The van der Waals surface area contributed by atoms with Gasteiger partial charge in [-0.3, -0.25) is 4.79 Å². The van der Waals surface area contributed by atoms with Gasteiger partial charge in [-0.05, 0) is 36.8 Å². The summed E-state index contributed by atoms with van der Waals surface area (Å²) in [7, 11) is 0. The van der Waals surface area contributed by atoms with Gasteiger partial charge in [-0.15, -0.1) is 0 Å². The van der Waals surface area contributed by atoms with Crippen molar-refractivity contribution < 1.29 is 4.79 Å². The van der Waals surface area contributed by atoms with Gasteiger partial charge in [0, 0.05) is 11.1 Å². The van der Waals surface area contributed by atoms with E-state index in [0.29, 0.717) is 5.92 Å². The average Bonchev–Trinajstić information content (AvgIpc) is 2.55. The van der Waals surface area contributed by atoms with Crippen molar-refractivity contribution in [2.24, 2.45) is 5.92 Å². The predicted molar refractivity (Wildman–Crippen MR) is 87.4 cm³/mol. The lowest BCUT2D eigenvalue weighted by Gasteiger charge is -2.29. The van der Waals surface area contributed by atoms with E-state index in [-0.39, 0.29) is 11.9 Å². The van der Waals surface area contributed by atoms with Gasteiger partial charge in [-0.1, -0.05) is 49.7 Å². The SMILES string of the molecule is CCC1CCNC(C(=O)Nc2cccc3ccccc23)C1. The van der Waals surface area contributed by atoms with E-state index in [2.05, 4.69) is 29.7 Å². The van der Waals surface area contributed by atoms with E-state index in [9.17, 15) is 4.79 Å². The molecule has 3 rings (SSSR count). The molecule has 0 radical (unpaired) electrons. The maximum atomic E-state index is 12.5. The Bertz CT molecular complexity index is 633. The van der Waals surface area contributed by atoms with Crippen LogP contribution in [0.1, 0.15) is 26.2 Å². The fraction of sp³-hybridized carbons (Fsp3) is 0.389. The summed E-state index contributed by atoms with van der Waals surface area (Å²) in [5.41, 5.74) is 0.901. The Hall–Kier alpha value is -1.87. The summed E-state index contributed by atoms with van der Waals surface area (Å²) in [4.78, 5) is 12.5. The van der Waals surface area contributed by atoms with Crippen LogP contribution in [0, 0.1) is 5.92 Å². The van der Waals surface area contributed by atoms with Gasteiger partial charge in [-0.25, -0.2) is 0 Å². The molecule has 0 aliphatic carbocycles. The second-order valence-electron chi connectivity index (χ2n) is 5.82. The molecule has 2 atom stereocenters. The molecular formula is C18H22N2O. The summed E-state index contributed by atoms with van der Waals surface area (Å²) >= 11 is 0. The first-order valence-corrected chi connectivity index (χ1v) is 7.80. The zero-order valence-electron chi connectivity index (χ0n) is 12.4. The Morgan fingerprint density at radius 1 is 1.24 bits per heavy atom. The molecule has 1 aliphatic heterocycles. The zero-order chi connectivity index (χ0) is 14.7. The molecule has 1 amide bonds. The molecule has 3 heteroatoms. The van der Waals surface area contributed by atoms with Crippen molar-refractivity contribution in [2.75, 3.05) is 11.9 Å². The third-order valence-electron chi connectivity index (χ3n) is 4.45. The molecule has 2 aromatic rings. The largest absolute Gasteiger partial charge is 0.324 e. The number of nitrogens with one attached hydrogen (secondary N) is 2. The number of hydrogen-bond acceptors (Lipinski definition) is 2. The second kappa shape index (κ2) is 6.27. The fourth-order valence-corrected chi connectivity index (χ4v) is 3.12. The normalized spacial score (nSPS) is 22.1. The highest BCUT2D eigenvalue weighted by molar-refractivity contribution is 6.03. The van der Waals surface area contributed by atoms with E-state index in [1.165, 1.54) is 6.42 Å². The minimum atomic E-state index is -0.0670. The van der Waals surface area contributed by atoms with Gasteiger partial charge in [-0.2, -0.15) is 0 Å². The molecular weight excluding hydrogens is 260 g/mol. The Kier molecular flexibility index (Phi) is 4.20. The van der Waals surface area contributed by atoms with Crippen LogP contribution < -0.4 is 10.6 Å². The predicted octanol–water partition coefficient (Wildman–Crippen LogP) is 3.56. The first-order chi connectivity index (χ1) is 10.3. The van der Waals surface area contributed by atoms with Crippen molar-refractivity contribution in [1.29, 1.82) is 0 Å². The highest BCUT2D eigenvalue weighted by atomic mass is 16.2. The van der Waals surface area contributed by atoms with E-state index in [0.717, 1.165) is 35.8 Å². The topological polar surface area (TPSA) is 41.1 Å². The van der Waals surface area contributed by atoms with Crippen LogP contribution in [0.25, 0.3) is 10.8 Å². The van der Waals surface area contributed by atoms with E-state index in [4.69, 9.17) is 0 Å². The smallest absolute Gasteiger partial charge is 0.241 e. The summed E-state index contributed by atoms with van der Waals surface area (Å²) in [6.45, 7) is 3.14. The van der Waals surface area contributed by atoms with Crippen LogP contribution in [0.2, 0.25) is 0 Å². The summed E-state index contributed by atoms with van der Waals surface area (Å²) < 4.78 is 0. The Balaban J connectivity index is 1.77. The minimum Gasteiger partial charge on any atom is -0.324 e. The van der Waals surface area contributed by atoms with E-state index in [1.54, 1.807) is 0 Å². The van der Waals surface area contributed by atoms with E-state index in [1.807, 2.05) is 30.3 Å². The standard InChI is InChI=1S/C18H22N2O/c1-2-13-10-11-19-17(12-13)18(21)20-16-9-5-7-14-6-3-4-8-15(14)16/h3-9,13,17,19H,2,10-12H2,1H3,(H,20,21). The van der Waals surface area contributed by atoms with E-state index >= 15 is 0 Å². The first-order valence-electron chi connectivity index (χ1n) is 7.80. The number of hydrogen-bond donors (Lipinski definition) is 2. The molecule has 0 spiro atoms. The molecule has 1 saturated heterocycles. The Morgan fingerprint density at radius 3 is 2.90 bits per heavy atom. The molecule has 2 aromatic carbocycles. The molecule has 0 aromatic heterocycles. The van der Waals surface area contributed by atoms with Crippen LogP contribution in [0.5, 0.6) is 0 Å². The monoisotopic (exact) mass is 282 g/mol. The molecule has 1 aliphatic rings. The van der Waals surface area contributed by atoms with Crippen LogP contribution >= 0.6 is 0 Å². The first kappa shape index (κ1) is 14.1. The van der Waals surface area contributed by atoms with Gasteiger partial charge in [0.2, 0.25) is 5.91 Å². The number of carbonyl (C=O) groups excluding carboxylic acids is 1. The van der Waals surface area contributed by atoms with Crippen molar-refractivity contribution in [2.45, 2.75) is 32.2 Å². The molecule has 110 valence electrons. The summed E-state index contributed by atoms with van der Waals surface area (Å²) in [6, 6.07) is 14.1. The average molecular weight is 282 g/mol. The molecule has 0 bridgehead atoms. The van der Waals surface area contributed by atoms with Crippen molar-refractivity contribution in [3.05, 3.63) is 42.5 Å². The number of fused-ring (bicyclic) bond motifs is 1. The molecule has 3 nitrogen and oxygen atoms in total. The molecule has 1 heterocycles. The number of rotatable bonds is 3. The Morgan fingerprint density at radius 2 is 2.05 bits per heavy atom. The minimum absolute atomic E-state index is 0.0670. The van der Waals surface area contributed by atoms with Gasteiger partial charge < -0.3 is 10.6 Å². The summed E-state index contributed by atoms with van der Waals surface area (Å²) in [5, 5.41) is 8.68. The summed E-state index contributed by atoms with van der Waals surface area (Å²) in [6.07, 6.45) is 3.27. The zero-order valence-corrected chi connectivity index (χ0v) is 12.4. The number of carbonyl (C=O) groups is 1. The third-order valence-corrected chi connectivity index (χ3v) is 4.45. The lowest BCUT2D eigenvalue weighted by Crippen LogP contribution is -2.46. The van der Waals surface area contributed by atoms with Gasteiger partial charge in [0.15, 0.2) is 0 Å². The maximum Gasteiger partial charge on any atom is 0.241 e. The van der Waals surface area contributed by atoms with Crippen molar-refractivity contribution in [3.8, 4) is 0 Å². The number of benzene rings is 2. The van der Waals surface area contributed by atoms with Gasteiger partial charge in [0.25, 0.3) is 0 Å². The van der Waals surface area contributed by atoms with Crippen molar-refractivity contribution >= 4 is 22.4 Å². The van der Waals surface area contributed by atoms with Gasteiger partial charge >= 0.3 is 0 Å². The van der Waals surface area contributed by atoms with Crippen LogP contribution in [-0.4, -0.2) is 18.5 Å². The highest BCUT2D eigenvalue weighted by Crippen LogP contribution is 2.24. The molecule has 2 N–H and O–H groups in total. The highest BCUT2D eigenvalue weighted by Gasteiger charge is 2.26. The molecule has 21 heavy (non-hydrogen) atoms. The number of anilines is 1. The molecule has 0 saturated carbocycles. The second-order valence-corrected chi connectivity index (χ2v) is 5.82. The summed E-state index contributed by atoms with van der Waals surface area (Å²) in [5.74, 6) is 0.749. The lowest BCUT2D eigenvalue weighted by molar-refractivity contribution is -0.119. The lowest BCUT2D eigenvalue weighted by atomic mass is 9.90. The van der Waals surface area contributed by atoms with Crippen LogP contribution in [0.4, 0.5) is 5.69 Å². The quantitative estimate of drug-likeness (QED) is 0.904. The van der Waals surface area contributed by atoms with Crippen molar-refractivity contribution in [3.63, 3.8) is 0 Å². The Labute approximate surface area is 125 Å². The molecule has 2 unspecified atom stereocenters. The number of piperidine rings is 1. The van der Waals surface area contributed by atoms with Gasteiger partial charge in [0.05, 0.1) is 6.04 Å². The molecule has 1 fully saturated rings. The fourth-order valence-electron chi connectivity index (χ4n) is 3.12. The van der Waals surface area contributed by atoms with Crippen LogP contribution in [-0.2, 0) is 4.79 Å². The van der Waals surface area contributed by atoms with Crippen LogP contribution in [0.3, 0.4) is 0 Å². The maximum absolute atomic E-state index is 12.5.